The van der Waals surface area contributed by atoms with Crippen LogP contribution in [0, 0.1) is 0 Å². The van der Waals surface area contributed by atoms with Crippen molar-refractivity contribution in [1.82, 2.24) is 4.98 Å². The van der Waals surface area contributed by atoms with Crippen molar-refractivity contribution in [3.8, 4) is 0 Å². The Bertz CT molecular complexity index is 724. The van der Waals surface area contributed by atoms with Gasteiger partial charge in [0, 0.05) is 18.8 Å². The van der Waals surface area contributed by atoms with E-state index in [-0.39, 0.29) is 24.8 Å². The van der Waals surface area contributed by atoms with Gasteiger partial charge in [-0.2, -0.15) is 0 Å². The summed E-state index contributed by atoms with van der Waals surface area (Å²) in [5.74, 6) is -1.22. The Kier molecular flexibility index (Phi) is 5.73. The van der Waals surface area contributed by atoms with Crippen LogP contribution in [0.1, 0.15) is 24.3 Å². The van der Waals surface area contributed by atoms with Crippen molar-refractivity contribution in [2.75, 3.05) is 23.4 Å². The maximum absolute atomic E-state index is 12.3. The van der Waals surface area contributed by atoms with Gasteiger partial charge in [-0.05, 0) is 25.1 Å². The maximum atomic E-state index is 12.3. The van der Waals surface area contributed by atoms with Gasteiger partial charge in [0.2, 0.25) is 11.8 Å². The van der Waals surface area contributed by atoms with E-state index in [9.17, 15) is 14.4 Å². The van der Waals surface area contributed by atoms with Gasteiger partial charge in [0.05, 0.1) is 12.3 Å². The lowest BCUT2D eigenvalue weighted by Gasteiger charge is -2.20. The largest absolute Gasteiger partial charge is 0.461 e. The van der Waals surface area contributed by atoms with E-state index < -0.39 is 11.9 Å². The molecule has 0 fully saturated rings. The molecule has 0 spiro atoms. The average Bonchev–Trinajstić information content (AvgIpc) is 3.01. The van der Waals surface area contributed by atoms with Gasteiger partial charge in [0.1, 0.15) is 12.2 Å². The minimum Gasteiger partial charge on any atom is -0.461 e. The number of ether oxygens (including phenoxy) is 1. The van der Waals surface area contributed by atoms with Gasteiger partial charge in [0.25, 0.3) is 0 Å². The molecule has 0 aliphatic heterocycles. The molecule has 0 aliphatic carbocycles. The fourth-order valence-corrected chi connectivity index (χ4v) is 2.17. The Morgan fingerprint density at radius 1 is 1.17 bits per heavy atom. The monoisotopic (exact) mass is 329 g/mol. The molecule has 2 aromatic rings. The number of para-hydroxylation sites is 1. The molecule has 0 atom stereocenters. The summed E-state index contributed by atoms with van der Waals surface area (Å²) in [4.78, 5) is 39.9. The standard InChI is InChI=1S/C17H19N3O4/c1-3-24-17(23)16-14(9-10-18-16)19-15(22)11-20(12(2)21)13-7-5-4-6-8-13/h4-10,18H,3,11H2,1-2H3,(H,19,22). The van der Waals surface area contributed by atoms with Gasteiger partial charge < -0.3 is 19.9 Å². The molecule has 1 heterocycles. The van der Waals surface area contributed by atoms with E-state index in [0.717, 1.165) is 0 Å². The first-order valence-electron chi connectivity index (χ1n) is 7.50. The van der Waals surface area contributed by atoms with E-state index in [4.69, 9.17) is 4.74 Å². The van der Waals surface area contributed by atoms with E-state index in [2.05, 4.69) is 10.3 Å². The van der Waals surface area contributed by atoms with Crippen LogP contribution in [0.25, 0.3) is 0 Å². The van der Waals surface area contributed by atoms with Crippen molar-refractivity contribution >= 4 is 29.2 Å². The fourth-order valence-electron chi connectivity index (χ4n) is 2.17. The van der Waals surface area contributed by atoms with Gasteiger partial charge in [-0.15, -0.1) is 0 Å². The summed E-state index contributed by atoms with van der Waals surface area (Å²) in [6.07, 6.45) is 1.53. The summed E-state index contributed by atoms with van der Waals surface area (Å²) in [6.45, 7) is 3.16. The van der Waals surface area contributed by atoms with Crippen LogP contribution in [0.2, 0.25) is 0 Å². The van der Waals surface area contributed by atoms with Crippen LogP contribution in [0.3, 0.4) is 0 Å². The average molecular weight is 329 g/mol. The highest BCUT2D eigenvalue weighted by molar-refractivity contribution is 6.04. The van der Waals surface area contributed by atoms with Crippen LogP contribution in [-0.4, -0.2) is 35.9 Å². The van der Waals surface area contributed by atoms with Crippen LogP contribution < -0.4 is 10.2 Å². The molecule has 0 unspecified atom stereocenters. The molecule has 1 aromatic heterocycles. The summed E-state index contributed by atoms with van der Waals surface area (Å²) in [5.41, 5.74) is 1.11. The third-order valence-corrected chi connectivity index (χ3v) is 3.25. The quantitative estimate of drug-likeness (QED) is 0.795. The number of carbonyl (C=O) groups excluding carboxylic acids is 3. The van der Waals surface area contributed by atoms with Crippen molar-refractivity contribution in [2.45, 2.75) is 13.8 Å². The Hall–Kier alpha value is -3.09. The van der Waals surface area contributed by atoms with Crippen LogP contribution in [0.4, 0.5) is 11.4 Å². The van der Waals surface area contributed by atoms with E-state index in [1.165, 1.54) is 18.0 Å². The molecule has 2 rings (SSSR count). The lowest BCUT2D eigenvalue weighted by atomic mass is 10.2. The molecule has 24 heavy (non-hydrogen) atoms. The number of aromatic nitrogens is 1. The highest BCUT2D eigenvalue weighted by atomic mass is 16.5. The molecular weight excluding hydrogens is 310 g/mol. The Morgan fingerprint density at radius 2 is 1.88 bits per heavy atom. The first-order chi connectivity index (χ1) is 11.5. The van der Waals surface area contributed by atoms with Crippen LogP contribution in [0.15, 0.2) is 42.6 Å². The molecule has 0 bridgehead atoms. The van der Waals surface area contributed by atoms with E-state index in [1.807, 2.05) is 6.07 Å². The second kappa shape index (κ2) is 7.96. The molecule has 2 N–H and O–H groups in total. The lowest BCUT2D eigenvalue weighted by Crippen LogP contribution is -2.36. The molecule has 0 saturated heterocycles. The first-order valence-corrected chi connectivity index (χ1v) is 7.50. The van der Waals surface area contributed by atoms with Crippen molar-refractivity contribution < 1.29 is 19.1 Å². The van der Waals surface area contributed by atoms with E-state index >= 15 is 0 Å². The molecule has 1 aromatic carbocycles. The number of amides is 2. The van der Waals surface area contributed by atoms with Gasteiger partial charge in [0.15, 0.2) is 0 Å². The third kappa shape index (κ3) is 4.22. The SMILES string of the molecule is CCOC(=O)c1[nH]ccc1NC(=O)CN(C(C)=O)c1ccccc1. The van der Waals surface area contributed by atoms with Gasteiger partial charge in [-0.3, -0.25) is 9.59 Å². The van der Waals surface area contributed by atoms with Gasteiger partial charge in [-0.25, -0.2) is 4.79 Å². The van der Waals surface area contributed by atoms with E-state index in [1.54, 1.807) is 37.3 Å². The number of H-pyrrole nitrogens is 1. The number of nitrogens with one attached hydrogen (secondary N) is 2. The predicted octanol–water partition coefficient (Wildman–Crippen LogP) is 2.18. The number of nitrogens with zero attached hydrogens (tertiary/aromatic N) is 1. The van der Waals surface area contributed by atoms with Crippen molar-refractivity contribution in [3.05, 3.63) is 48.3 Å². The van der Waals surface area contributed by atoms with Crippen molar-refractivity contribution in [1.29, 1.82) is 0 Å². The smallest absolute Gasteiger partial charge is 0.356 e. The zero-order valence-corrected chi connectivity index (χ0v) is 13.5. The second-order valence-corrected chi connectivity index (χ2v) is 4.98. The second-order valence-electron chi connectivity index (χ2n) is 4.98. The van der Waals surface area contributed by atoms with Crippen LogP contribution >= 0.6 is 0 Å². The molecule has 7 nitrogen and oxygen atoms in total. The number of benzene rings is 1. The molecular formula is C17H19N3O4. The number of rotatable bonds is 6. The van der Waals surface area contributed by atoms with E-state index in [0.29, 0.717) is 11.4 Å². The Labute approximate surface area is 139 Å². The summed E-state index contributed by atoms with van der Waals surface area (Å²) in [5, 5.41) is 2.62. The van der Waals surface area contributed by atoms with Crippen LogP contribution in [0.5, 0.6) is 0 Å². The molecule has 7 heteroatoms. The molecule has 0 radical (unpaired) electrons. The number of anilines is 2. The summed E-state index contributed by atoms with van der Waals surface area (Å²) < 4.78 is 4.91. The predicted molar refractivity (Wildman–Crippen MR) is 89.8 cm³/mol. The highest BCUT2D eigenvalue weighted by Gasteiger charge is 2.19. The minimum absolute atomic E-state index is 0.160. The van der Waals surface area contributed by atoms with Gasteiger partial charge >= 0.3 is 5.97 Å². The van der Waals surface area contributed by atoms with Crippen molar-refractivity contribution in [2.24, 2.45) is 0 Å². The Morgan fingerprint density at radius 3 is 2.50 bits per heavy atom. The topological polar surface area (TPSA) is 91.5 Å². The summed E-state index contributed by atoms with van der Waals surface area (Å²) in [7, 11) is 0. The third-order valence-electron chi connectivity index (χ3n) is 3.25. The van der Waals surface area contributed by atoms with Crippen molar-refractivity contribution in [3.63, 3.8) is 0 Å². The zero-order valence-electron chi connectivity index (χ0n) is 13.5. The number of hydrogen-bond donors (Lipinski definition) is 2. The maximum Gasteiger partial charge on any atom is 0.356 e. The molecule has 2 amide bonds. The van der Waals surface area contributed by atoms with Gasteiger partial charge in [-0.1, -0.05) is 18.2 Å². The van der Waals surface area contributed by atoms with Crippen LogP contribution in [-0.2, 0) is 14.3 Å². The minimum atomic E-state index is -0.552. The number of carbonyl (C=O) groups is 3. The number of esters is 1. The molecule has 126 valence electrons. The lowest BCUT2D eigenvalue weighted by molar-refractivity contribution is -0.120. The molecule has 0 saturated carbocycles. The molecule has 0 aliphatic rings. The first kappa shape index (κ1) is 17.3. The summed E-state index contributed by atoms with van der Waals surface area (Å²) in [6, 6.07) is 10.4. The highest BCUT2D eigenvalue weighted by Crippen LogP contribution is 2.16. The number of hydrogen-bond acceptors (Lipinski definition) is 4. The Balaban J connectivity index is 2.09. The summed E-state index contributed by atoms with van der Waals surface area (Å²) >= 11 is 0. The fraction of sp³-hybridized carbons (Fsp3) is 0.235. The zero-order chi connectivity index (χ0) is 17.5. The number of aromatic amines is 1. The normalized spacial score (nSPS) is 10.1.